The smallest absolute Gasteiger partial charge is 0.227 e. The number of anilines is 2. The van der Waals surface area contributed by atoms with Gasteiger partial charge in [-0.15, -0.1) is 0 Å². The van der Waals surface area contributed by atoms with Gasteiger partial charge in [0.2, 0.25) is 5.95 Å². The van der Waals surface area contributed by atoms with Gasteiger partial charge in [0.1, 0.15) is 17.9 Å². The molecule has 5 rings (SSSR count). The number of nitrogens with two attached hydrogens (primary N) is 1. The molecule has 0 bridgehead atoms. The van der Waals surface area contributed by atoms with Crippen molar-refractivity contribution in [1.82, 2.24) is 14.9 Å². The Bertz CT molecular complexity index is 1280. The van der Waals surface area contributed by atoms with Gasteiger partial charge in [-0.2, -0.15) is 4.98 Å². The van der Waals surface area contributed by atoms with E-state index in [-0.39, 0.29) is 11.0 Å². The van der Waals surface area contributed by atoms with Gasteiger partial charge in [-0.05, 0) is 49.4 Å². The topological polar surface area (TPSA) is 103 Å². The summed E-state index contributed by atoms with van der Waals surface area (Å²) in [7, 11) is 6.87. The molecule has 0 radical (unpaired) electrons. The number of fused-ring (bicyclic) bond motifs is 1. The molecule has 1 aliphatic carbocycles. The second-order valence-corrected chi connectivity index (χ2v) is 10.2. The van der Waals surface area contributed by atoms with Crippen LogP contribution in [0.15, 0.2) is 36.4 Å². The van der Waals surface area contributed by atoms with E-state index in [0.29, 0.717) is 35.3 Å². The molecule has 2 fully saturated rings. The first kappa shape index (κ1) is 25.1. The van der Waals surface area contributed by atoms with Crippen LogP contribution < -0.4 is 24.8 Å². The van der Waals surface area contributed by atoms with E-state index in [1.165, 1.54) is 5.56 Å². The number of likely N-dealkylation sites (N-methyl/N-ethyl adjacent to an activating group) is 1. The number of piperidine rings is 1. The highest BCUT2D eigenvalue weighted by molar-refractivity contribution is 5.91. The molecule has 0 atom stereocenters. The predicted octanol–water partition coefficient (Wildman–Crippen LogP) is 3.44. The van der Waals surface area contributed by atoms with Crippen molar-refractivity contribution in [3.8, 4) is 17.2 Å². The van der Waals surface area contributed by atoms with E-state index in [2.05, 4.69) is 26.9 Å². The van der Waals surface area contributed by atoms with Crippen LogP contribution in [0.1, 0.15) is 31.2 Å². The number of carbonyl (C=O) groups excluding carboxylic acids is 1. The summed E-state index contributed by atoms with van der Waals surface area (Å²) in [6.07, 6.45) is 4.92. The third kappa shape index (κ3) is 4.52. The lowest BCUT2D eigenvalue weighted by atomic mass is 9.72. The van der Waals surface area contributed by atoms with Crippen molar-refractivity contribution >= 4 is 29.0 Å². The average Bonchev–Trinajstić information content (AvgIpc) is 3.74. The lowest BCUT2D eigenvalue weighted by Gasteiger charge is -2.45. The third-order valence-corrected chi connectivity index (χ3v) is 8.13. The quantitative estimate of drug-likeness (QED) is 0.438. The largest absolute Gasteiger partial charge is 0.497 e. The Morgan fingerprint density at radius 3 is 2.19 bits per heavy atom. The molecule has 37 heavy (non-hydrogen) atoms. The maximum absolute atomic E-state index is 11.8. The first-order valence-corrected chi connectivity index (χ1v) is 12.6. The van der Waals surface area contributed by atoms with Crippen molar-refractivity contribution in [2.75, 3.05) is 58.6 Å². The summed E-state index contributed by atoms with van der Waals surface area (Å²) in [5.74, 6) is 2.95. The molecule has 9 nitrogen and oxygen atoms in total. The lowest BCUT2D eigenvalue weighted by molar-refractivity contribution is -0.114. The fourth-order valence-corrected chi connectivity index (χ4v) is 5.66. The van der Waals surface area contributed by atoms with Crippen LogP contribution in [0.4, 0.5) is 11.8 Å². The molecular weight excluding hydrogens is 470 g/mol. The number of nitrogens with zero attached hydrogens (tertiary/aromatic N) is 4. The second kappa shape index (κ2) is 9.70. The molecular formula is C28H35N5O4. The zero-order chi connectivity index (χ0) is 26.2. The van der Waals surface area contributed by atoms with Gasteiger partial charge >= 0.3 is 0 Å². The SMILES string of the molecule is COc1ccc(C2(CN(C)c3nc(N)c4cc(OC)c(OC)cc4n3)CCN(C3(C=O)CC3)CC2)cc1. The summed E-state index contributed by atoms with van der Waals surface area (Å²) >= 11 is 0. The number of ether oxygens (including phenoxy) is 3. The molecule has 2 aromatic carbocycles. The lowest BCUT2D eigenvalue weighted by Crippen LogP contribution is -2.52. The highest BCUT2D eigenvalue weighted by atomic mass is 16.5. The standard InChI is InChI=1S/C28H35N5O4/c1-32(26-30-22-16-24(37-4)23(36-3)15-21(22)25(29)31-26)17-27(19-5-7-20(35-2)8-6-19)11-13-33(14-12-27)28(18-34)9-10-28/h5-8,15-16,18H,9-14,17H2,1-4H3,(H2,29,30,31). The minimum atomic E-state index is -0.242. The van der Waals surface area contributed by atoms with Crippen molar-refractivity contribution < 1.29 is 19.0 Å². The van der Waals surface area contributed by atoms with Gasteiger partial charge in [0.15, 0.2) is 11.5 Å². The maximum Gasteiger partial charge on any atom is 0.227 e. The van der Waals surface area contributed by atoms with Gasteiger partial charge in [0, 0.05) is 43.5 Å². The zero-order valence-corrected chi connectivity index (χ0v) is 22.0. The zero-order valence-electron chi connectivity index (χ0n) is 22.0. The molecule has 1 aromatic heterocycles. The Kier molecular flexibility index (Phi) is 6.58. The van der Waals surface area contributed by atoms with Crippen molar-refractivity contribution in [3.05, 3.63) is 42.0 Å². The van der Waals surface area contributed by atoms with Crippen molar-refractivity contribution in [2.45, 2.75) is 36.6 Å². The van der Waals surface area contributed by atoms with Gasteiger partial charge in [-0.3, -0.25) is 4.90 Å². The Labute approximate surface area is 217 Å². The molecule has 3 aromatic rings. The van der Waals surface area contributed by atoms with Crippen LogP contribution in [0.5, 0.6) is 17.2 Å². The monoisotopic (exact) mass is 505 g/mol. The van der Waals surface area contributed by atoms with Crippen LogP contribution in [0.3, 0.4) is 0 Å². The van der Waals surface area contributed by atoms with E-state index in [4.69, 9.17) is 24.9 Å². The number of likely N-dealkylation sites (tertiary alicyclic amines) is 1. The molecule has 2 N–H and O–H groups in total. The minimum Gasteiger partial charge on any atom is -0.497 e. The first-order valence-electron chi connectivity index (χ1n) is 12.6. The Balaban J connectivity index is 1.47. The number of nitrogen functional groups attached to an aromatic ring is 1. The number of aromatic nitrogens is 2. The Morgan fingerprint density at radius 2 is 1.62 bits per heavy atom. The molecule has 196 valence electrons. The van der Waals surface area contributed by atoms with Gasteiger partial charge in [-0.25, -0.2) is 4.98 Å². The molecule has 2 heterocycles. The highest BCUT2D eigenvalue weighted by Gasteiger charge is 2.51. The highest BCUT2D eigenvalue weighted by Crippen LogP contribution is 2.45. The van der Waals surface area contributed by atoms with E-state index < -0.39 is 0 Å². The number of methoxy groups -OCH3 is 3. The molecule has 9 heteroatoms. The molecule has 1 saturated carbocycles. The van der Waals surface area contributed by atoms with Crippen LogP contribution in [-0.4, -0.2) is 74.7 Å². The summed E-state index contributed by atoms with van der Waals surface area (Å²) in [6.45, 7) is 2.45. The number of rotatable bonds is 9. The number of aldehydes is 1. The molecule has 1 saturated heterocycles. The molecule has 0 spiro atoms. The van der Waals surface area contributed by atoms with Crippen LogP contribution >= 0.6 is 0 Å². The molecule has 0 unspecified atom stereocenters. The summed E-state index contributed by atoms with van der Waals surface area (Å²) in [5.41, 5.74) is 7.94. The summed E-state index contributed by atoms with van der Waals surface area (Å²) < 4.78 is 16.3. The van der Waals surface area contributed by atoms with Crippen LogP contribution in [0.25, 0.3) is 10.9 Å². The van der Waals surface area contributed by atoms with Gasteiger partial charge < -0.3 is 29.6 Å². The molecule has 1 aliphatic heterocycles. The number of hydrogen-bond donors (Lipinski definition) is 1. The van der Waals surface area contributed by atoms with E-state index in [0.717, 1.165) is 56.2 Å². The summed E-state index contributed by atoms with van der Waals surface area (Å²) in [6, 6.07) is 12.0. The molecule has 0 amide bonds. The van der Waals surface area contributed by atoms with Crippen molar-refractivity contribution in [1.29, 1.82) is 0 Å². The van der Waals surface area contributed by atoms with Crippen LogP contribution in [-0.2, 0) is 10.2 Å². The summed E-state index contributed by atoms with van der Waals surface area (Å²) in [5, 5.41) is 0.719. The van der Waals surface area contributed by atoms with E-state index in [1.54, 1.807) is 21.3 Å². The van der Waals surface area contributed by atoms with Crippen molar-refractivity contribution in [3.63, 3.8) is 0 Å². The second-order valence-electron chi connectivity index (χ2n) is 10.2. The van der Waals surface area contributed by atoms with Gasteiger partial charge in [0.25, 0.3) is 0 Å². The number of benzene rings is 2. The minimum absolute atomic E-state index is 0.138. The van der Waals surface area contributed by atoms with E-state index in [9.17, 15) is 4.79 Å². The maximum atomic E-state index is 11.8. The third-order valence-electron chi connectivity index (χ3n) is 8.13. The average molecular weight is 506 g/mol. The predicted molar refractivity (Wildman–Crippen MR) is 144 cm³/mol. The van der Waals surface area contributed by atoms with Gasteiger partial charge in [0.05, 0.1) is 32.4 Å². The summed E-state index contributed by atoms with van der Waals surface area (Å²) in [4.78, 5) is 25.7. The fourth-order valence-electron chi connectivity index (χ4n) is 5.66. The Morgan fingerprint density at radius 1 is 0.973 bits per heavy atom. The van der Waals surface area contributed by atoms with Gasteiger partial charge in [-0.1, -0.05) is 12.1 Å². The number of carbonyl (C=O) groups is 1. The first-order chi connectivity index (χ1) is 17.9. The van der Waals surface area contributed by atoms with Crippen LogP contribution in [0, 0.1) is 0 Å². The molecule has 2 aliphatic rings. The Hall–Kier alpha value is -3.59. The normalized spacial score (nSPS) is 18.3. The van der Waals surface area contributed by atoms with Crippen LogP contribution in [0.2, 0.25) is 0 Å². The van der Waals surface area contributed by atoms with E-state index in [1.807, 2.05) is 31.3 Å². The fraction of sp³-hybridized carbons (Fsp3) is 0.464. The van der Waals surface area contributed by atoms with E-state index >= 15 is 0 Å². The van der Waals surface area contributed by atoms with Crippen molar-refractivity contribution in [2.24, 2.45) is 0 Å². The number of hydrogen-bond acceptors (Lipinski definition) is 9.